The maximum absolute atomic E-state index is 13.2. The molecule has 1 aliphatic rings. The second-order valence-electron chi connectivity index (χ2n) is 7.83. The fourth-order valence-corrected chi connectivity index (χ4v) is 4.12. The standard InChI is InChI=1S/C26H22ClNO6/c1-3-34-21-13-16(7-10-18(21)27)24(31)22-23(15-5-8-17(29)9-6-15)28(26(33)25(22)32)19-12-14(2)4-11-20(19)30/h4-13,23,29-31H,3H2,1-2H3/b24-22-. The minimum absolute atomic E-state index is 0.00170. The molecule has 0 spiro atoms. The molecule has 0 aromatic heterocycles. The average Bonchev–Trinajstić information content (AvgIpc) is 3.07. The van der Waals surface area contributed by atoms with E-state index in [1.165, 1.54) is 36.4 Å². The molecule has 7 nitrogen and oxygen atoms in total. The first kappa shape index (κ1) is 23.2. The number of aromatic hydroxyl groups is 2. The van der Waals surface area contributed by atoms with Crippen LogP contribution in [0.4, 0.5) is 5.69 Å². The summed E-state index contributed by atoms with van der Waals surface area (Å²) >= 11 is 6.16. The van der Waals surface area contributed by atoms with Crippen LogP contribution in [0.15, 0.2) is 66.2 Å². The first-order chi connectivity index (χ1) is 16.2. The quantitative estimate of drug-likeness (QED) is 0.267. The van der Waals surface area contributed by atoms with Crippen LogP contribution in [0.5, 0.6) is 17.2 Å². The van der Waals surface area contributed by atoms with Gasteiger partial charge in [-0.15, -0.1) is 0 Å². The second kappa shape index (κ2) is 9.11. The lowest BCUT2D eigenvalue weighted by Gasteiger charge is -2.26. The molecular formula is C26H22ClNO6. The molecule has 3 aromatic carbocycles. The highest BCUT2D eigenvalue weighted by Gasteiger charge is 2.47. The number of phenols is 2. The predicted octanol–water partition coefficient (Wildman–Crippen LogP) is 5.08. The molecule has 0 aliphatic carbocycles. The number of hydrogen-bond acceptors (Lipinski definition) is 6. The van der Waals surface area contributed by atoms with Gasteiger partial charge in [0, 0.05) is 5.56 Å². The molecule has 1 saturated heterocycles. The highest BCUT2D eigenvalue weighted by atomic mass is 35.5. The lowest BCUT2D eigenvalue weighted by molar-refractivity contribution is -0.132. The number of carbonyl (C=O) groups is 2. The van der Waals surface area contributed by atoms with Gasteiger partial charge in [-0.25, -0.2) is 0 Å². The zero-order valence-electron chi connectivity index (χ0n) is 18.4. The van der Waals surface area contributed by atoms with Crippen LogP contribution in [-0.4, -0.2) is 33.6 Å². The number of amides is 1. The molecule has 0 radical (unpaired) electrons. The van der Waals surface area contributed by atoms with Crippen LogP contribution in [0.2, 0.25) is 5.02 Å². The van der Waals surface area contributed by atoms with E-state index in [0.29, 0.717) is 22.9 Å². The smallest absolute Gasteiger partial charge is 0.300 e. The number of ether oxygens (including phenoxy) is 1. The number of phenolic OH excluding ortho intramolecular Hbond substituents is 2. The first-order valence-corrected chi connectivity index (χ1v) is 10.9. The Bertz CT molecular complexity index is 1320. The minimum Gasteiger partial charge on any atom is -0.508 e. The number of nitrogens with zero attached hydrogens (tertiary/aromatic N) is 1. The van der Waals surface area contributed by atoms with Crippen molar-refractivity contribution in [2.45, 2.75) is 19.9 Å². The predicted molar refractivity (Wildman–Crippen MR) is 128 cm³/mol. The summed E-state index contributed by atoms with van der Waals surface area (Å²) in [5, 5.41) is 31.8. The largest absolute Gasteiger partial charge is 0.508 e. The van der Waals surface area contributed by atoms with E-state index in [4.69, 9.17) is 16.3 Å². The van der Waals surface area contributed by atoms with E-state index in [9.17, 15) is 24.9 Å². The fraction of sp³-hybridized carbons (Fsp3) is 0.154. The van der Waals surface area contributed by atoms with Gasteiger partial charge >= 0.3 is 0 Å². The van der Waals surface area contributed by atoms with Gasteiger partial charge < -0.3 is 20.1 Å². The summed E-state index contributed by atoms with van der Waals surface area (Å²) in [5.74, 6) is -2.10. The summed E-state index contributed by atoms with van der Waals surface area (Å²) in [6.07, 6.45) is 0. The van der Waals surface area contributed by atoms with Gasteiger partial charge in [-0.05, 0) is 67.4 Å². The van der Waals surface area contributed by atoms with Crippen LogP contribution >= 0.6 is 11.6 Å². The van der Waals surface area contributed by atoms with Gasteiger partial charge in [0.15, 0.2) is 0 Å². The third-order valence-electron chi connectivity index (χ3n) is 5.55. The van der Waals surface area contributed by atoms with E-state index in [0.717, 1.165) is 10.5 Å². The van der Waals surface area contributed by atoms with E-state index in [2.05, 4.69) is 0 Å². The number of hydrogen-bond donors (Lipinski definition) is 3. The van der Waals surface area contributed by atoms with Crippen molar-refractivity contribution in [2.75, 3.05) is 11.5 Å². The summed E-state index contributed by atoms with van der Waals surface area (Å²) in [7, 11) is 0. The Balaban J connectivity index is 1.96. The average molecular weight is 480 g/mol. The molecule has 0 bridgehead atoms. The summed E-state index contributed by atoms with van der Waals surface area (Å²) in [4.78, 5) is 27.6. The number of anilines is 1. The number of aliphatic hydroxyl groups is 1. The molecule has 1 heterocycles. The van der Waals surface area contributed by atoms with E-state index >= 15 is 0 Å². The number of aliphatic hydroxyl groups excluding tert-OH is 1. The van der Waals surface area contributed by atoms with Crippen LogP contribution in [0.1, 0.15) is 29.7 Å². The van der Waals surface area contributed by atoms with Crippen molar-refractivity contribution < 1.29 is 29.6 Å². The molecule has 34 heavy (non-hydrogen) atoms. The third kappa shape index (κ3) is 4.06. The summed E-state index contributed by atoms with van der Waals surface area (Å²) < 4.78 is 5.49. The Morgan fingerprint density at radius 1 is 1.03 bits per heavy atom. The van der Waals surface area contributed by atoms with Crippen LogP contribution in [0.3, 0.4) is 0 Å². The van der Waals surface area contributed by atoms with Crippen LogP contribution in [-0.2, 0) is 9.59 Å². The molecule has 1 atom stereocenters. The molecule has 0 saturated carbocycles. The number of Topliss-reactive ketones (excluding diaryl/α,β-unsaturated/α-hetero) is 1. The normalized spacial score (nSPS) is 17.3. The van der Waals surface area contributed by atoms with E-state index in [-0.39, 0.29) is 28.3 Å². The zero-order chi connectivity index (χ0) is 24.6. The summed E-state index contributed by atoms with van der Waals surface area (Å²) in [5.41, 5.74) is 1.42. The number of halogens is 1. The number of ketones is 1. The Morgan fingerprint density at radius 2 is 1.74 bits per heavy atom. The highest BCUT2D eigenvalue weighted by molar-refractivity contribution is 6.52. The van der Waals surface area contributed by atoms with Crippen molar-refractivity contribution in [3.8, 4) is 17.2 Å². The van der Waals surface area contributed by atoms with Crippen molar-refractivity contribution >= 4 is 34.7 Å². The van der Waals surface area contributed by atoms with E-state index < -0.39 is 23.5 Å². The van der Waals surface area contributed by atoms with Gasteiger partial charge in [0.25, 0.3) is 11.7 Å². The fourth-order valence-electron chi connectivity index (χ4n) is 3.95. The lowest BCUT2D eigenvalue weighted by Crippen LogP contribution is -2.29. The minimum atomic E-state index is -1.06. The van der Waals surface area contributed by atoms with Crippen LogP contribution in [0.25, 0.3) is 5.76 Å². The van der Waals surface area contributed by atoms with Gasteiger partial charge in [-0.2, -0.15) is 0 Å². The molecule has 174 valence electrons. The molecule has 3 N–H and O–H groups in total. The molecular weight excluding hydrogens is 458 g/mol. The van der Waals surface area contributed by atoms with Crippen molar-refractivity contribution in [2.24, 2.45) is 0 Å². The van der Waals surface area contributed by atoms with Crippen molar-refractivity contribution in [3.63, 3.8) is 0 Å². The second-order valence-corrected chi connectivity index (χ2v) is 8.24. The zero-order valence-corrected chi connectivity index (χ0v) is 19.2. The maximum Gasteiger partial charge on any atom is 0.300 e. The number of rotatable bonds is 5. The van der Waals surface area contributed by atoms with Crippen molar-refractivity contribution in [1.29, 1.82) is 0 Å². The third-order valence-corrected chi connectivity index (χ3v) is 5.86. The Hall–Kier alpha value is -3.97. The van der Waals surface area contributed by atoms with Gasteiger partial charge in [-0.1, -0.05) is 29.8 Å². The highest BCUT2D eigenvalue weighted by Crippen LogP contribution is 2.45. The van der Waals surface area contributed by atoms with Crippen LogP contribution < -0.4 is 9.64 Å². The monoisotopic (exact) mass is 479 g/mol. The maximum atomic E-state index is 13.2. The van der Waals surface area contributed by atoms with Gasteiger partial charge in [0.1, 0.15) is 23.0 Å². The Morgan fingerprint density at radius 3 is 2.41 bits per heavy atom. The molecule has 1 aliphatic heterocycles. The SMILES string of the molecule is CCOc1cc(/C(O)=C2/C(=O)C(=O)N(c3cc(C)ccc3O)C2c2ccc(O)cc2)ccc1Cl. The number of benzene rings is 3. The molecule has 4 rings (SSSR count). The molecule has 1 fully saturated rings. The van der Waals surface area contributed by atoms with Gasteiger partial charge in [0.05, 0.1) is 28.9 Å². The van der Waals surface area contributed by atoms with Crippen molar-refractivity contribution in [1.82, 2.24) is 0 Å². The van der Waals surface area contributed by atoms with E-state index in [1.54, 1.807) is 38.1 Å². The lowest BCUT2D eigenvalue weighted by atomic mass is 9.95. The van der Waals surface area contributed by atoms with Crippen molar-refractivity contribution in [3.05, 3.63) is 87.9 Å². The van der Waals surface area contributed by atoms with Gasteiger partial charge in [-0.3, -0.25) is 14.5 Å². The molecule has 8 heteroatoms. The molecule has 3 aromatic rings. The number of aryl methyl sites for hydroxylation is 1. The topological polar surface area (TPSA) is 107 Å². The first-order valence-electron chi connectivity index (χ1n) is 10.5. The summed E-state index contributed by atoms with van der Waals surface area (Å²) in [6.45, 7) is 3.92. The van der Waals surface area contributed by atoms with E-state index in [1.807, 2.05) is 0 Å². The summed E-state index contributed by atoms with van der Waals surface area (Å²) in [6, 6.07) is 14.1. The molecule has 1 unspecified atom stereocenters. The Kier molecular flexibility index (Phi) is 6.22. The van der Waals surface area contributed by atoms with Gasteiger partial charge in [0.2, 0.25) is 0 Å². The Labute approximate surface area is 201 Å². The molecule has 1 amide bonds. The number of carbonyl (C=O) groups excluding carboxylic acids is 2. The van der Waals surface area contributed by atoms with Crippen LogP contribution in [0, 0.1) is 6.92 Å².